The Balaban J connectivity index is 2.59. The number of nitrogens with zero attached hydrogens (tertiary/aromatic N) is 3. The van der Waals surface area contributed by atoms with Crippen molar-refractivity contribution in [1.29, 1.82) is 0 Å². The second-order valence-corrected chi connectivity index (χ2v) is 4.85. The van der Waals surface area contributed by atoms with Crippen LogP contribution in [0.2, 0.25) is 0 Å². The molecule has 16 heavy (non-hydrogen) atoms. The van der Waals surface area contributed by atoms with E-state index in [1.165, 1.54) is 0 Å². The third-order valence-corrected chi connectivity index (χ3v) is 3.44. The van der Waals surface area contributed by atoms with Gasteiger partial charge in [-0.3, -0.25) is 4.68 Å². The van der Waals surface area contributed by atoms with Gasteiger partial charge in [0.25, 0.3) is 0 Å². The van der Waals surface area contributed by atoms with Crippen LogP contribution >= 0.6 is 12.2 Å². The van der Waals surface area contributed by atoms with Crippen LogP contribution in [0.1, 0.15) is 26.0 Å². The van der Waals surface area contributed by atoms with Crippen LogP contribution in [-0.2, 0) is 13.6 Å². The molecule has 0 aliphatic rings. The Morgan fingerprint density at radius 1 is 1.50 bits per heavy atom. The van der Waals surface area contributed by atoms with Gasteiger partial charge in [0.2, 0.25) is 0 Å². The van der Waals surface area contributed by atoms with Gasteiger partial charge in [-0.25, -0.2) is 0 Å². The second-order valence-electron chi connectivity index (χ2n) is 4.46. The predicted octanol–water partition coefficient (Wildman–Crippen LogP) is 2.79. The molecule has 1 atom stereocenters. The van der Waals surface area contributed by atoms with Crippen LogP contribution in [0, 0.1) is 17.6 Å². The summed E-state index contributed by atoms with van der Waals surface area (Å²) in [5, 5.41) is 4.40. The molecule has 1 unspecified atom stereocenters. The summed E-state index contributed by atoms with van der Waals surface area (Å²) in [5.41, 5.74) is 3.17. The lowest BCUT2D eigenvalue weighted by Gasteiger charge is -2.10. The number of aromatic nitrogens is 4. The van der Waals surface area contributed by atoms with Gasteiger partial charge in [0.1, 0.15) is 5.52 Å². The van der Waals surface area contributed by atoms with Crippen LogP contribution in [0.25, 0.3) is 11.2 Å². The Morgan fingerprint density at radius 3 is 2.81 bits per heavy atom. The first-order chi connectivity index (χ1) is 7.54. The van der Waals surface area contributed by atoms with Crippen LogP contribution in [0.4, 0.5) is 0 Å². The Bertz CT molecular complexity index is 560. The second kappa shape index (κ2) is 4.05. The molecule has 1 N–H and O–H groups in total. The van der Waals surface area contributed by atoms with E-state index in [0.717, 1.165) is 34.6 Å². The fourth-order valence-corrected chi connectivity index (χ4v) is 2.25. The summed E-state index contributed by atoms with van der Waals surface area (Å²) < 4.78 is 4.85. The van der Waals surface area contributed by atoms with Crippen molar-refractivity contribution in [2.75, 3.05) is 0 Å². The summed E-state index contributed by atoms with van der Waals surface area (Å²) in [4.78, 5) is 3.24. The first-order valence-electron chi connectivity index (χ1n) is 5.66. The number of rotatable bonds is 3. The van der Waals surface area contributed by atoms with E-state index in [9.17, 15) is 0 Å². The summed E-state index contributed by atoms with van der Waals surface area (Å²) in [7, 11) is 1.96. The van der Waals surface area contributed by atoms with Crippen molar-refractivity contribution in [3.05, 3.63) is 10.5 Å². The van der Waals surface area contributed by atoms with Crippen LogP contribution < -0.4 is 0 Å². The van der Waals surface area contributed by atoms with Gasteiger partial charge >= 0.3 is 0 Å². The fraction of sp³-hybridized carbons (Fsp3) is 0.636. The third kappa shape index (κ3) is 1.69. The van der Waals surface area contributed by atoms with E-state index < -0.39 is 0 Å². The normalized spacial score (nSPS) is 13.5. The Labute approximate surface area is 100 Å². The highest BCUT2D eigenvalue weighted by Crippen LogP contribution is 2.18. The standard InChI is InChI=1S/C11H18N4S/c1-5-7(2)6-15-10-9(12-11(15)16)8(3)13-14(10)4/h7H,5-6H2,1-4H3,(H,12,16). The minimum absolute atomic E-state index is 0.626. The molecule has 0 aliphatic carbocycles. The van der Waals surface area contributed by atoms with Gasteiger partial charge in [-0.15, -0.1) is 0 Å². The molecule has 0 saturated heterocycles. The number of aryl methyl sites for hydroxylation is 2. The van der Waals surface area contributed by atoms with Crippen molar-refractivity contribution in [1.82, 2.24) is 19.3 Å². The molecule has 2 aromatic rings. The van der Waals surface area contributed by atoms with Crippen LogP contribution in [0.15, 0.2) is 0 Å². The van der Waals surface area contributed by atoms with E-state index >= 15 is 0 Å². The highest BCUT2D eigenvalue weighted by molar-refractivity contribution is 7.71. The van der Waals surface area contributed by atoms with Crippen molar-refractivity contribution in [2.24, 2.45) is 13.0 Å². The van der Waals surface area contributed by atoms with Gasteiger partial charge in [0.05, 0.1) is 5.69 Å². The molecular weight excluding hydrogens is 220 g/mol. The average molecular weight is 238 g/mol. The first-order valence-corrected chi connectivity index (χ1v) is 6.07. The lowest BCUT2D eigenvalue weighted by atomic mass is 10.1. The molecular formula is C11H18N4S. The zero-order valence-electron chi connectivity index (χ0n) is 10.2. The molecule has 2 rings (SSSR count). The number of hydrogen-bond acceptors (Lipinski definition) is 2. The first kappa shape index (κ1) is 11.4. The van der Waals surface area contributed by atoms with E-state index in [-0.39, 0.29) is 0 Å². The van der Waals surface area contributed by atoms with Gasteiger partial charge in [-0.1, -0.05) is 20.3 Å². The smallest absolute Gasteiger partial charge is 0.179 e. The molecule has 0 aromatic carbocycles. The third-order valence-electron chi connectivity index (χ3n) is 3.12. The van der Waals surface area contributed by atoms with Gasteiger partial charge < -0.3 is 9.55 Å². The summed E-state index contributed by atoms with van der Waals surface area (Å²) in [5.74, 6) is 0.626. The zero-order valence-corrected chi connectivity index (χ0v) is 11.1. The summed E-state index contributed by atoms with van der Waals surface area (Å²) in [6.45, 7) is 7.39. The van der Waals surface area contributed by atoms with Crippen LogP contribution in [-0.4, -0.2) is 19.3 Å². The largest absolute Gasteiger partial charge is 0.328 e. The number of H-pyrrole nitrogens is 1. The van der Waals surface area contributed by atoms with E-state index in [1.807, 2.05) is 18.7 Å². The van der Waals surface area contributed by atoms with Gasteiger partial charge in [0, 0.05) is 13.6 Å². The number of fused-ring (bicyclic) bond motifs is 1. The van der Waals surface area contributed by atoms with Gasteiger partial charge in [0.15, 0.2) is 10.4 Å². The number of aromatic amines is 1. The molecule has 2 aromatic heterocycles. The van der Waals surface area contributed by atoms with E-state index in [2.05, 4.69) is 28.5 Å². The Kier molecular flexibility index (Phi) is 2.88. The molecule has 0 aliphatic heterocycles. The maximum Gasteiger partial charge on any atom is 0.179 e. The lowest BCUT2D eigenvalue weighted by Crippen LogP contribution is -2.09. The summed E-state index contributed by atoms with van der Waals surface area (Å²) in [6.07, 6.45) is 1.16. The predicted molar refractivity (Wildman–Crippen MR) is 68.1 cm³/mol. The summed E-state index contributed by atoms with van der Waals surface area (Å²) in [6, 6.07) is 0. The molecule has 4 nitrogen and oxygen atoms in total. The Hall–Kier alpha value is -1.10. The zero-order chi connectivity index (χ0) is 11.9. The fourth-order valence-electron chi connectivity index (χ4n) is 1.98. The maximum absolute atomic E-state index is 5.36. The molecule has 0 saturated carbocycles. The average Bonchev–Trinajstić information content (AvgIpc) is 2.68. The molecule has 88 valence electrons. The van der Waals surface area contributed by atoms with Crippen LogP contribution in [0.3, 0.4) is 0 Å². The van der Waals surface area contributed by atoms with Crippen molar-refractivity contribution in [2.45, 2.75) is 33.7 Å². The molecule has 2 heterocycles. The molecule has 0 bridgehead atoms. The van der Waals surface area contributed by atoms with Crippen molar-refractivity contribution in [3.8, 4) is 0 Å². The quantitative estimate of drug-likeness (QED) is 0.835. The maximum atomic E-state index is 5.36. The van der Waals surface area contributed by atoms with Crippen molar-refractivity contribution in [3.63, 3.8) is 0 Å². The van der Waals surface area contributed by atoms with E-state index in [4.69, 9.17) is 12.2 Å². The Morgan fingerprint density at radius 2 is 2.19 bits per heavy atom. The van der Waals surface area contributed by atoms with E-state index in [1.54, 1.807) is 0 Å². The topological polar surface area (TPSA) is 38.5 Å². The SMILES string of the molecule is CCC(C)Cn1c(=S)[nH]c2c(C)nn(C)c21. The van der Waals surface area contributed by atoms with Gasteiger partial charge in [-0.05, 0) is 25.1 Å². The molecule has 0 amide bonds. The minimum Gasteiger partial charge on any atom is -0.328 e. The minimum atomic E-state index is 0.626. The van der Waals surface area contributed by atoms with Crippen LogP contribution in [0.5, 0.6) is 0 Å². The van der Waals surface area contributed by atoms with Gasteiger partial charge in [-0.2, -0.15) is 5.10 Å². The molecule has 0 radical (unpaired) electrons. The molecule has 5 heteroatoms. The van der Waals surface area contributed by atoms with Crippen molar-refractivity contribution >= 4 is 23.4 Å². The summed E-state index contributed by atoms with van der Waals surface area (Å²) >= 11 is 5.36. The highest BCUT2D eigenvalue weighted by atomic mass is 32.1. The lowest BCUT2D eigenvalue weighted by molar-refractivity contribution is 0.467. The molecule has 0 spiro atoms. The van der Waals surface area contributed by atoms with Crippen molar-refractivity contribution < 1.29 is 0 Å². The monoisotopic (exact) mass is 238 g/mol. The number of imidazole rings is 1. The number of nitrogens with one attached hydrogen (secondary N) is 1. The molecule has 0 fully saturated rings. The highest BCUT2D eigenvalue weighted by Gasteiger charge is 2.13. The number of hydrogen-bond donors (Lipinski definition) is 1. The van der Waals surface area contributed by atoms with E-state index in [0.29, 0.717) is 5.92 Å².